The predicted octanol–water partition coefficient (Wildman–Crippen LogP) is 1.09. The van der Waals surface area contributed by atoms with Crippen molar-refractivity contribution in [1.82, 2.24) is 19.8 Å². The Morgan fingerprint density at radius 2 is 2.10 bits per heavy atom. The van der Waals surface area contributed by atoms with Gasteiger partial charge >= 0.3 is 6.18 Å². The maximum absolute atomic E-state index is 12.5. The Kier molecular flexibility index (Phi) is 5.54. The van der Waals surface area contributed by atoms with Gasteiger partial charge in [0.25, 0.3) is 10.0 Å². The number of nitrogens with one attached hydrogen (secondary N) is 2. The van der Waals surface area contributed by atoms with Crippen LogP contribution in [0.3, 0.4) is 0 Å². The highest BCUT2D eigenvalue weighted by molar-refractivity contribution is 7.89. The van der Waals surface area contributed by atoms with Crippen LogP contribution in [0.4, 0.5) is 13.2 Å². The Morgan fingerprint density at radius 3 is 2.60 bits per heavy atom. The van der Waals surface area contributed by atoms with Gasteiger partial charge in [-0.15, -0.1) is 0 Å². The number of halogens is 3. The summed E-state index contributed by atoms with van der Waals surface area (Å²) in [5, 5.41) is 8.30. The van der Waals surface area contributed by atoms with Crippen LogP contribution in [0.15, 0.2) is 11.2 Å². The summed E-state index contributed by atoms with van der Waals surface area (Å²) in [5.41, 5.74) is 0.302. The molecule has 6 nitrogen and oxygen atoms in total. The molecule has 0 spiro atoms. The van der Waals surface area contributed by atoms with E-state index in [4.69, 9.17) is 0 Å². The van der Waals surface area contributed by atoms with E-state index in [1.54, 1.807) is 14.0 Å². The van der Waals surface area contributed by atoms with Gasteiger partial charge < -0.3 is 5.32 Å². The Labute approximate surface area is 115 Å². The topological polar surface area (TPSA) is 78.1 Å². The van der Waals surface area contributed by atoms with Gasteiger partial charge in [0.15, 0.2) is 5.03 Å². The van der Waals surface area contributed by atoms with Crippen LogP contribution in [0, 0.1) is 0 Å². The molecular formula is C10H17F3N4O2S. The minimum atomic E-state index is -4.59. The molecule has 0 aromatic carbocycles. The second kappa shape index (κ2) is 6.55. The van der Waals surface area contributed by atoms with Gasteiger partial charge in [-0.1, -0.05) is 6.92 Å². The van der Waals surface area contributed by atoms with Crippen molar-refractivity contribution in [1.29, 1.82) is 0 Å². The lowest BCUT2D eigenvalue weighted by Gasteiger charge is -2.22. The molecule has 20 heavy (non-hydrogen) atoms. The first-order valence-electron chi connectivity index (χ1n) is 5.96. The molecule has 0 saturated heterocycles. The van der Waals surface area contributed by atoms with E-state index in [1.807, 2.05) is 0 Å². The molecule has 0 radical (unpaired) electrons. The average Bonchev–Trinajstić information content (AvgIpc) is 2.76. The zero-order valence-electron chi connectivity index (χ0n) is 11.2. The minimum absolute atomic E-state index is 0.192. The molecule has 1 heterocycles. The van der Waals surface area contributed by atoms with Crippen LogP contribution in [-0.4, -0.2) is 49.2 Å². The van der Waals surface area contributed by atoms with Gasteiger partial charge in [-0.05, 0) is 13.5 Å². The van der Waals surface area contributed by atoms with Gasteiger partial charge in [-0.2, -0.15) is 22.6 Å². The second-order valence-electron chi connectivity index (χ2n) is 4.21. The summed E-state index contributed by atoms with van der Waals surface area (Å²) >= 11 is 0. The largest absolute Gasteiger partial charge is 0.402 e. The molecule has 0 aliphatic rings. The Bertz CT molecular complexity index is 527. The van der Waals surface area contributed by atoms with Crippen LogP contribution in [-0.2, 0) is 16.6 Å². The van der Waals surface area contributed by atoms with Crippen LogP contribution >= 0.6 is 0 Å². The zero-order valence-corrected chi connectivity index (χ0v) is 12.0. The van der Waals surface area contributed by atoms with Gasteiger partial charge in [-0.3, -0.25) is 5.10 Å². The fourth-order valence-corrected chi connectivity index (χ4v) is 3.32. The summed E-state index contributed by atoms with van der Waals surface area (Å²) in [5.74, 6) is 0. The zero-order chi connectivity index (χ0) is 15.4. The number of aromatic amines is 1. The van der Waals surface area contributed by atoms with Crippen LogP contribution in [0.25, 0.3) is 0 Å². The van der Waals surface area contributed by atoms with Gasteiger partial charge in [0, 0.05) is 18.7 Å². The molecule has 0 amide bonds. The van der Waals surface area contributed by atoms with Crippen molar-refractivity contribution in [3.63, 3.8) is 0 Å². The fraction of sp³-hybridized carbons (Fsp3) is 0.700. The predicted molar refractivity (Wildman–Crippen MR) is 66.5 cm³/mol. The molecule has 0 fully saturated rings. The molecule has 1 aromatic heterocycles. The number of nitrogens with zero attached hydrogens (tertiary/aromatic N) is 2. The third-order valence-electron chi connectivity index (χ3n) is 2.47. The highest BCUT2D eigenvalue weighted by atomic mass is 32.2. The normalized spacial score (nSPS) is 13.1. The highest BCUT2D eigenvalue weighted by Gasteiger charge is 2.38. The Hall–Kier alpha value is -1.13. The first-order chi connectivity index (χ1) is 9.22. The standard InChI is InChI=1S/C10H17F3N4O2S/c1-3-4-17(7-10(11,12)13)20(18,19)9-8(5-14-2)6-15-16-9/h6,14H,3-5,7H2,1-2H3,(H,15,16). The lowest BCUT2D eigenvalue weighted by atomic mass is 10.4. The number of aromatic nitrogens is 2. The molecular weight excluding hydrogens is 297 g/mol. The number of sulfonamides is 1. The monoisotopic (exact) mass is 314 g/mol. The van der Waals surface area contributed by atoms with Crippen molar-refractivity contribution in [2.24, 2.45) is 0 Å². The molecule has 0 bridgehead atoms. The highest BCUT2D eigenvalue weighted by Crippen LogP contribution is 2.23. The van der Waals surface area contributed by atoms with E-state index >= 15 is 0 Å². The van der Waals surface area contributed by atoms with Crippen molar-refractivity contribution in [2.75, 3.05) is 20.1 Å². The molecule has 10 heteroatoms. The minimum Gasteiger partial charge on any atom is -0.316 e. The number of hydrogen-bond acceptors (Lipinski definition) is 4. The summed E-state index contributed by atoms with van der Waals surface area (Å²) in [4.78, 5) is 0. The van der Waals surface area contributed by atoms with Gasteiger partial charge in [0.2, 0.25) is 0 Å². The van der Waals surface area contributed by atoms with Crippen LogP contribution in [0.2, 0.25) is 0 Å². The first-order valence-corrected chi connectivity index (χ1v) is 7.40. The van der Waals surface area contributed by atoms with E-state index in [1.165, 1.54) is 6.20 Å². The van der Waals surface area contributed by atoms with Crippen molar-refractivity contribution in [2.45, 2.75) is 31.1 Å². The molecule has 1 aromatic rings. The summed E-state index contributed by atoms with van der Waals surface area (Å²) < 4.78 is 62.5. The van der Waals surface area contributed by atoms with E-state index < -0.39 is 22.7 Å². The maximum Gasteiger partial charge on any atom is 0.402 e. The van der Waals surface area contributed by atoms with E-state index in [9.17, 15) is 21.6 Å². The van der Waals surface area contributed by atoms with E-state index in [0.717, 1.165) is 0 Å². The summed E-state index contributed by atoms with van der Waals surface area (Å²) in [6.07, 6.45) is -3.03. The molecule has 0 atom stereocenters. The first kappa shape index (κ1) is 16.9. The van der Waals surface area contributed by atoms with Gasteiger partial charge in [0.1, 0.15) is 6.54 Å². The molecule has 0 aliphatic heterocycles. The van der Waals surface area contributed by atoms with Crippen LogP contribution in [0.1, 0.15) is 18.9 Å². The number of hydrogen-bond donors (Lipinski definition) is 2. The molecule has 0 aliphatic carbocycles. The Balaban J connectivity index is 3.12. The van der Waals surface area contributed by atoms with Crippen molar-refractivity contribution < 1.29 is 21.6 Å². The summed E-state index contributed by atoms with van der Waals surface area (Å²) in [6.45, 7) is 0.0818. The van der Waals surface area contributed by atoms with Gasteiger partial charge in [-0.25, -0.2) is 8.42 Å². The van der Waals surface area contributed by atoms with E-state index in [2.05, 4.69) is 15.5 Å². The Morgan fingerprint density at radius 1 is 1.45 bits per heavy atom. The lowest BCUT2D eigenvalue weighted by Crippen LogP contribution is -2.40. The third kappa shape index (κ3) is 4.18. The van der Waals surface area contributed by atoms with E-state index in [0.29, 0.717) is 9.87 Å². The van der Waals surface area contributed by atoms with E-state index in [-0.39, 0.29) is 24.5 Å². The van der Waals surface area contributed by atoms with Crippen molar-refractivity contribution in [3.05, 3.63) is 11.8 Å². The number of rotatable bonds is 7. The molecule has 0 unspecified atom stereocenters. The number of alkyl halides is 3. The third-order valence-corrected chi connectivity index (χ3v) is 4.33. The smallest absolute Gasteiger partial charge is 0.316 e. The van der Waals surface area contributed by atoms with Crippen LogP contribution < -0.4 is 5.32 Å². The second-order valence-corrected chi connectivity index (χ2v) is 6.08. The SMILES string of the molecule is CCCN(CC(F)(F)F)S(=O)(=O)c1[nH]ncc1CNC. The quantitative estimate of drug-likeness (QED) is 0.790. The fourth-order valence-electron chi connectivity index (χ4n) is 1.70. The molecule has 2 N–H and O–H groups in total. The summed E-state index contributed by atoms with van der Waals surface area (Å²) in [6, 6.07) is 0. The van der Waals surface area contributed by atoms with Crippen LogP contribution in [0.5, 0.6) is 0 Å². The van der Waals surface area contributed by atoms with Crippen molar-refractivity contribution >= 4 is 10.0 Å². The summed E-state index contributed by atoms with van der Waals surface area (Å²) in [7, 11) is -2.65. The number of H-pyrrole nitrogens is 1. The molecule has 0 saturated carbocycles. The molecule has 116 valence electrons. The van der Waals surface area contributed by atoms with Gasteiger partial charge in [0.05, 0.1) is 6.20 Å². The average molecular weight is 314 g/mol. The maximum atomic E-state index is 12.5. The lowest BCUT2D eigenvalue weighted by molar-refractivity contribution is -0.136. The van der Waals surface area contributed by atoms with Crippen molar-refractivity contribution in [3.8, 4) is 0 Å². The molecule has 1 rings (SSSR count).